The van der Waals surface area contributed by atoms with Crippen molar-refractivity contribution in [2.24, 2.45) is 5.92 Å². The van der Waals surface area contributed by atoms with Crippen LogP contribution in [0.25, 0.3) is 0 Å². The van der Waals surface area contributed by atoms with Crippen molar-refractivity contribution in [1.82, 2.24) is 10.2 Å². The van der Waals surface area contributed by atoms with Crippen LogP contribution in [-0.2, 0) is 4.79 Å². The first-order valence-electron chi connectivity index (χ1n) is 5.61. The zero-order valence-corrected chi connectivity index (χ0v) is 9.55. The van der Waals surface area contributed by atoms with Gasteiger partial charge in [-0.15, -0.1) is 0 Å². The van der Waals surface area contributed by atoms with E-state index in [4.69, 9.17) is 0 Å². The molecule has 0 aromatic carbocycles. The van der Waals surface area contributed by atoms with E-state index in [2.05, 4.69) is 24.2 Å². The number of rotatable bonds is 3. The van der Waals surface area contributed by atoms with E-state index in [-0.39, 0.29) is 5.91 Å². The molecule has 0 bridgehead atoms. The number of carbonyl (C=O) groups excluding carboxylic acids is 1. The van der Waals surface area contributed by atoms with E-state index in [9.17, 15) is 4.79 Å². The molecule has 1 saturated heterocycles. The molecule has 0 spiro atoms. The lowest BCUT2D eigenvalue weighted by atomic mass is 9.94. The van der Waals surface area contributed by atoms with Crippen LogP contribution >= 0.6 is 0 Å². The van der Waals surface area contributed by atoms with Crippen LogP contribution in [0, 0.1) is 5.92 Å². The minimum Gasteiger partial charge on any atom is -0.353 e. The summed E-state index contributed by atoms with van der Waals surface area (Å²) >= 11 is 0. The lowest BCUT2D eigenvalue weighted by molar-refractivity contribution is -0.122. The van der Waals surface area contributed by atoms with Gasteiger partial charge in [-0.3, -0.25) is 4.79 Å². The normalized spacial score (nSPS) is 28.8. The smallest absolute Gasteiger partial charge is 0.220 e. The first-order valence-corrected chi connectivity index (χ1v) is 5.61. The summed E-state index contributed by atoms with van der Waals surface area (Å²) in [5, 5.41) is 3.12. The number of amides is 1. The molecular weight excluding hydrogens is 176 g/mol. The Hall–Kier alpha value is -0.570. The van der Waals surface area contributed by atoms with Crippen LogP contribution in [0.1, 0.15) is 33.1 Å². The molecule has 0 aromatic rings. The monoisotopic (exact) mass is 198 g/mol. The average Bonchev–Trinajstić information content (AvgIpc) is 2.10. The van der Waals surface area contributed by atoms with E-state index in [0.29, 0.717) is 18.4 Å². The van der Waals surface area contributed by atoms with Gasteiger partial charge in [0.15, 0.2) is 0 Å². The third-order valence-electron chi connectivity index (χ3n) is 2.93. The molecule has 1 heterocycles. The fourth-order valence-corrected chi connectivity index (χ4v) is 2.07. The lowest BCUT2D eigenvalue weighted by Crippen LogP contribution is -2.48. The van der Waals surface area contributed by atoms with E-state index in [1.807, 2.05) is 6.92 Å². The Morgan fingerprint density at radius 3 is 2.86 bits per heavy atom. The quantitative estimate of drug-likeness (QED) is 0.740. The number of hydrogen-bond acceptors (Lipinski definition) is 2. The van der Waals surface area contributed by atoms with Gasteiger partial charge in [-0.1, -0.05) is 13.8 Å². The maximum atomic E-state index is 11.4. The second kappa shape index (κ2) is 5.35. The Kier molecular flexibility index (Phi) is 4.39. The molecule has 1 N–H and O–H groups in total. The van der Waals surface area contributed by atoms with Crippen LogP contribution in [0.4, 0.5) is 0 Å². The minimum atomic E-state index is 0.217. The van der Waals surface area contributed by atoms with Gasteiger partial charge in [-0.2, -0.15) is 0 Å². The van der Waals surface area contributed by atoms with Crippen LogP contribution < -0.4 is 5.32 Å². The molecule has 2 atom stereocenters. The first-order chi connectivity index (χ1) is 6.63. The Bertz CT molecular complexity index is 194. The predicted octanol–water partition coefficient (Wildman–Crippen LogP) is 1.24. The molecule has 0 aliphatic carbocycles. The second-order valence-electron chi connectivity index (χ2n) is 4.45. The summed E-state index contributed by atoms with van der Waals surface area (Å²) in [5.74, 6) is 0.795. The van der Waals surface area contributed by atoms with E-state index in [0.717, 1.165) is 25.9 Å². The molecular formula is C11H22N2O. The molecule has 0 aromatic heterocycles. The van der Waals surface area contributed by atoms with Gasteiger partial charge in [-0.05, 0) is 32.4 Å². The van der Waals surface area contributed by atoms with Crippen LogP contribution in [0.5, 0.6) is 0 Å². The van der Waals surface area contributed by atoms with Gasteiger partial charge in [0, 0.05) is 19.0 Å². The highest BCUT2D eigenvalue weighted by Gasteiger charge is 2.24. The number of hydrogen-bond donors (Lipinski definition) is 1. The minimum absolute atomic E-state index is 0.217. The number of carbonyl (C=O) groups is 1. The van der Waals surface area contributed by atoms with Gasteiger partial charge in [0.1, 0.15) is 0 Å². The van der Waals surface area contributed by atoms with Crippen molar-refractivity contribution in [3.05, 3.63) is 0 Å². The van der Waals surface area contributed by atoms with Crippen LogP contribution in [-0.4, -0.2) is 37.0 Å². The lowest BCUT2D eigenvalue weighted by Gasteiger charge is -2.35. The molecule has 1 rings (SSSR count). The SMILES string of the molecule is CCCC(=O)NC1CCN(C)CC1C. The summed E-state index contributed by atoms with van der Waals surface area (Å²) in [5.41, 5.74) is 0. The number of likely N-dealkylation sites (tertiary alicyclic amines) is 1. The van der Waals surface area contributed by atoms with Gasteiger partial charge >= 0.3 is 0 Å². The molecule has 2 unspecified atom stereocenters. The Morgan fingerprint density at radius 2 is 2.29 bits per heavy atom. The highest BCUT2D eigenvalue weighted by Crippen LogP contribution is 2.15. The van der Waals surface area contributed by atoms with Crippen LogP contribution in [0.3, 0.4) is 0 Å². The molecule has 3 heteroatoms. The molecule has 0 saturated carbocycles. The Labute approximate surface area is 86.9 Å². The standard InChI is InChI=1S/C11H22N2O/c1-4-5-11(14)12-10-6-7-13(3)8-9(10)2/h9-10H,4-8H2,1-3H3,(H,12,14). The number of piperidine rings is 1. The summed E-state index contributed by atoms with van der Waals surface area (Å²) in [6.07, 6.45) is 2.69. The van der Waals surface area contributed by atoms with E-state index < -0.39 is 0 Å². The molecule has 14 heavy (non-hydrogen) atoms. The highest BCUT2D eigenvalue weighted by molar-refractivity contribution is 5.76. The van der Waals surface area contributed by atoms with E-state index in [1.54, 1.807) is 0 Å². The van der Waals surface area contributed by atoms with Crippen molar-refractivity contribution in [3.63, 3.8) is 0 Å². The van der Waals surface area contributed by atoms with Gasteiger partial charge < -0.3 is 10.2 Å². The van der Waals surface area contributed by atoms with E-state index >= 15 is 0 Å². The summed E-state index contributed by atoms with van der Waals surface area (Å²) < 4.78 is 0. The van der Waals surface area contributed by atoms with Crippen molar-refractivity contribution in [1.29, 1.82) is 0 Å². The third-order valence-corrected chi connectivity index (χ3v) is 2.93. The van der Waals surface area contributed by atoms with Crippen molar-refractivity contribution >= 4 is 5.91 Å². The maximum absolute atomic E-state index is 11.4. The van der Waals surface area contributed by atoms with Crippen molar-refractivity contribution in [3.8, 4) is 0 Å². The van der Waals surface area contributed by atoms with Gasteiger partial charge in [0.2, 0.25) is 5.91 Å². The summed E-state index contributed by atoms with van der Waals surface area (Å²) in [6, 6.07) is 0.394. The number of nitrogens with zero attached hydrogens (tertiary/aromatic N) is 1. The topological polar surface area (TPSA) is 32.3 Å². The zero-order chi connectivity index (χ0) is 10.6. The third kappa shape index (κ3) is 3.29. The van der Waals surface area contributed by atoms with Crippen molar-refractivity contribution in [2.45, 2.75) is 39.2 Å². The summed E-state index contributed by atoms with van der Waals surface area (Å²) in [7, 11) is 2.14. The molecule has 1 aliphatic heterocycles. The second-order valence-corrected chi connectivity index (χ2v) is 4.45. The molecule has 82 valence electrons. The van der Waals surface area contributed by atoms with Gasteiger partial charge in [0.25, 0.3) is 0 Å². The first kappa shape index (κ1) is 11.5. The van der Waals surface area contributed by atoms with Crippen LogP contribution in [0.2, 0.25) is 0 Å². The number of nitrogens with one attached hydrogen (secondary N) is 1. The van der Waals surface area contributed by atoms with Gasteiger partial charge in [-0.25, -0.2) is 0 Å². The zero-order valence-electron chi connectivity index (χ0n) is 9.55. The average molecular weight is 198 g/mol. The molecule has 3 nitrogen and oxygen atoms in total. The fraction of sp³-hybridized carbons (Fsp3) is 0.909. The summed E-state index contributed by atoms with van der Waals surface area (Å²) in [6.45, 7) is 6.45. The Morgan fingerprint density at radius 1 is 1.57 bits per heavy atom. The maximum Gasteiger partial charge on any atom is 0.220 e. The fourth-order valence-electron chi connectivity index (χ4n) is 2.07. The van der Waals surface area contributed by atoms with Crippen molar-refractivity contribution < 1.29 is 4.79 Å². The van der Waals surface area contributed by atoms with E-state index in [1.165, 1.54) is 0 Å². The Balaban J connectivity index is 2.33. The van der Waals surface area contributed by atoms with Crippen molar-refractivity contribution in [2.75, 3.05) is 20.1 Å². The van der Waals surface area contributed by atoms with Gasteiger partial charge in [0.05, 0.1) is 0 Å². The molecule has 0 radical (unpaired) electrons. The molecule has 1 amide bonds. The predicted molar refractivity (Wildman–Crippen MR) is 58.1 cm³/mol. The molecule has 1 fully saturated rings. The van der Waals surface area contributed by atoms with Crippen LogP contribution in [0.15, 0.2) is 0 Å². The largest absolute Gasteiger partial charge is 0.353 e. The molecule has 1 aliphatic rings. The highest BCUT2D eigenvalue weighted by atomic mass is 16.1. The summed E-state index contributed by atoms with van der Waals surface area (Å²) in [4.78, 5) is 13.7.